The highest BCUT2D eigenvalue weighted by Crippen LogP contribution is 2.43. The summed E-state index contributed by atoms with van der Waals surface area (Å²) in [6, 6.07) is 3.10. The summed E-state index contributed by atoms with van der Waals surface area (Å²) in [7, 11) is 0. The molecule has 2 rings (SSSR count). The van der Waals surface area contributed by atoms with E-state index in [1.54, 1.807) is 0 Å². The van der Waals surface area contributed by atoms with Gasteiger partial charge in [-0.15, -0.1) is 0 Å². The third-order valence-corrected chi connectivity index (χ3v) is 3.29. The van der Waals surface area contributed by atoms with Crippen molar-refractivity contribution in [2.75, 3.05) is 0 Å². The zero-order chi connectivity index (χ0) is 11.9. The molecule has 2 atom stereocenters. The Bertz CT molecular complexity index is 404. The van der Waals surface area contributed by atoms with Crippen LogP contribution in [0.25, 0.3) is 0 Å². The molecule has 0 aromatic heterocycles. The van der Waals surface area contributed by atoms with Gasteiger partial charge >= 0.3 is 0 Å². The van der Waals surface area contributed by atoms with E-state index in [-0.39, 0.29) is 11.9 Å². The number of aliphatic hydroxyl groups excluding tert-OH is 1. The molecule has 88 valence electrons. The first kappa shape index (κ1) is 11.3. The molecule has 1 aromatic rings. The zero-order valence-corrected chi connectivity index (χ0v) is 9.21. The van der Waals surface area contributed by atoms with Crippen LogP contribution >= 0.6 is 0 Å². The quantitative estimate of drug-likeness (QED) is 0.842. The lowest BCUT2D eigenvalue weighted by molar-refractivity contribution is -0.135. The van der Waals surface area contributed by atoms with Crippen molar-refractivity contribution < 1.29 is 18.6 Å². The lowest BCUT2D eigenvalue weighted by Crippen LogP contribution is -2.56. The van der Waals surface area contributed by atoms with Crippen LogP contribution in [0.3, 0.4) is 0 Å². The summed E-state index contributed by atoms with van der Waals surface area (Å²) in [5, 5.41) is 9.50. The first-order valence-electron chi connectivity index (χ1n) is 5.21. The first-order chi connectivity index (χ1) is 7.41. The summed E-state index contributed by atoms with van der Waals surface area (Å²) in [5.74, 6) is -1.21. The Morgan fingerprint density at radius 3 is 2.62 bits per heavy atom. The Morgan fingerprint density at radius 1 is 1.38 bits per heavy atom. The molecule has 1 aliphatic carbocycles. The fraction of sp³-hybridized carbons (Fsp3) is 0.500. The number of rotatable bonds is 2. The second-order valence-electron chi connectivity index (χ2n) is 4.75. The van der Waals surface area contributed by atoms with Crippen LogP contribution < -0.4 is 4.74 Å². The Labute approximate surface area is 92.9 Å². The maximum absolute atomic E-state index is 13.3. The van der Waals surface area contributed by atoms with Crippen LogP contribution in [0.15, 0.2) is 18.2 Å². The molecule has 16 heavy (non-hydrogen) atoms. The molecule has 1 saturated carbocycles. The van der Waals surface area contributed by atoms with E-state index < -0.39 is 23.2 Å². The van der Waals surface area contributed by atoms with E-state index in [1.807, 2.05) is 13.8 Å². The minimum atomic E-state index is -0.585. The summed E-state index contributed by atoms with van der Waals surface area (Å²) in [4.78, 5) is 0. The molecule has 0 aliphatic heterocycles. The van der Waals surface area contributed by atoms with Crippen molar-refractivity contribution in [3.63, 3.8) is 0 Å². The summed E-state index contributed by atoms with van der Waals surface area (Å²) in [6.45, 7) is 3.67. The second kappa shape index (κ2) is 3.70. The summed E-state index contributed by atoms with van der Waals surface area (Å²) in [6.07, 6.45) is -0.281. The van der Waals surface area contributed by atoms with Gasteiger partial charge in [-0.1, -0.05) is 13.8 Å². The number of hydrogen-bond acceptors (Lipinski definition) is 2. The average Bonchev–Trinajstić information content (AvgIpc) is 2.23. The standard InChI is InChI=1S/C12H14F2O2/c1-12(2)10(15)6-11(12)16-9-5-7(13)3-4-8(9)14/h3-5,10-11,15H,6H2,1-2H3. The molecular weight excluding hydrogens is 214 g/mol. The smallest absolute Gasteiger partial charge is 0.165 e. The lowest BCUT2D eigenvalue weighted by Gasteiger charge is -2.48. The number of halogens is 2. The van der Waals surface area contributed by atoms with Crippen molar-refractivity contribution in [3.8, 4) is 5.75 Å². The molecule has 1 fully saturated rings. The van der Waals surface area contributed by atoms with E-state index in [1.165, 1.54) is 0 Å². The SMILES string of the molecule is CC1(C)C(O)CC1Oc1cc(F)ccc1F. The number of aliphatic hydroxyl groups is 1. The van der Waals surface area contributed by atoms with Crippen molar-refractivity contribution in [2.24, 2.45) is 5.41 Å². The van der Waals surface area contributed by atoms with Gasteiger partial charge in [0, 0.05) is 17.9 Å². The first-order valence-corrected chi connectivity index (χ1v) is 5.21. The maximum Gasteiger partial charge on any atom is 0.165 e. The van der Waals surface area contributed by atoms with Gasteiger partial charge in [0.05, 0.1) is 6.10 Å². The molecule has 1 aliphatic rings. The zero-order valence-electron chi connectivity index (χ0n) is 9.21. The van der Waals surface area contributed by atoms with Gasteiger partial charge in [-0.25, -0.2) is 8.78 Å². The fourth-order valence-corrected chi connectivity index (χ4v) is 1.79. The van der Waals surface area contributed by atoms with Crippen molar-refractivity contribution in [2.45, 2.75) is 32.5 Å². The summed E-state index contributed by atoms with van der Waals surface area (Å²) >= 11 is 0. The Kier molecular flexibility index (Phi) is 2.62. The topological polar surface area (TPSA) is 29.5 Å². The van der Waals surface area contributed by atoms with E-state index >= 15 is 0 Å². The van der Waals surface area contributed by atoms with E-state index in [4.69, 9.17) is 4.74 Å². The molecule has 2 unspecified atom stereocenters. The molecular formula is C12H14F2O2. The van der Waals surface area contributed by atoms with Crippen molar-refractivity contribution >= 4 is 0 Å². The molecule has 2 nitrogen and oxygen atoms in total. The Balaban J connectivity index is 2.13. The summed E-state index contributed by atoms with van der Waals surface area (Å²) in [5.41, 5.74) is -0.418. The Hall–Kier alpha value is -1.16. The van der Waals surface area contributed by atoms with Gasteiger partial charge in [0.15, 0.2) is 11.6 Å². The van der Waals surface area contributed by atoms with Crippen molar-refractivity contribution in [3.05, 3.63) is 29.8 Å². The average molecular weight is 228 g/mol. The largest absolute Gasteiger partial charge is 0.486 e. The van der Waals surface area contributed by atoms with Gasteiger partial charge in [0.2, 0.25) is 0 Å². The highest BCUT2D eigenvalue weighted by molar-refractivity contribution is 5.26. The van der Waals surface area contributed by atoms with Gasteiger partial charge in [-0.2, -0.15) is 0 Å². The predicted molar refractivity (Wildman–Crippen MR) is 55.2 cm³/mol. The highest BCUT2D eigenvalue weighted by Gasteiger charge is 2.49. The second-order valence-corrected chi connectivity index (χ2v) is 4.75. The molecule has 0 heterocycles. The summed E-state index contributed by atoms with van der Waals surface area (Å²) < 4.78 is 31.6. The molecule has 0 radical (unpaired) electrons. The van der Waals surface area contributed by atoms with Crippen LogP contribution in [0.1, 0.15) is 20.3 Å². The maximum atomic E-state index is 13.3. The van der Waals surface area contributed by atoms with Crippen LogP contribution in [-0.2, 0) is 0 Å². The van der Waals surface area contributed by atoms with Crippen LogP contribution in [0.5, 0.6) is 5.75 Å². The minimum absolute atomic E-state index is 0.0926. The van der Waals surface area contributed by atoms with E-state index in [9.17, 15) is 13.9 Å². The number of hydrogen-bond donors (Lipinski definition) is 1. The van der Waals surface area contributed by atoms with Crippen molar-refractivity contribution in [1.82, 2.24) is 0 Å². The fourth-order valence-electron chi connectivity index (χ4n) is 1.79. The van der Waals surface area contributed by atoms with Crippen LogP contribution in [-0.4, -0.2) is 17.3 Å². The third-order valence-electron chi connectivity index (χ3n) is 3.29. The van der Waals surface area contributed by atoms with Gasteiger partial charge < -0.3 is 9.84 Å². The lowest BCUT2D eigenvalue weighted by atomic mass is 9.66. The molecule has 0 amide bonds. The normalized spacial score (nSPS) is 27.3. The van der Waals surface area contributed by atoms with Crippen LogP contribution in [0.4, 0.5) is 8.78 Å². The van der Waals surface area contributed by atoms with Gasteiger partial charge in [0.1, 0.15) is 11.9 Å². The molecule has 0 spiro atoms. The van der Waals surface area contributed by atoms with Crippen molar-refractivity contribution in [1.29, 1.82) is 0 Å². The van der Waals surface area contributed by atoms with E-state index in [0.717, 1.165) is 18.2 Å². The molecule has 0 saturated heterocycles. The number of ether oxygens (including phenoxy) is 1. The molecule has 1 aromatic carbocycles. The van der Waals surface area contributed by atoms with E-state index in [0.29, 0.717) is 6.42 Å². The molecule has 0 bridgehead atoms. The van der Waals surface area contributed by atoms with Gasteiger partial charge in [-0.05, 0) is 12.1 Å². The minimum Gasteiger partial charge on any atom is -0.486 e. The van der Waals surface area contributed by atoms with Crippen LogP contribution in [0, 0.1) is 17.0 Å². The monoisotopic (exact) mass is 228 g/mol. The van der Waals surface area contributed by atoms with Gasteiger partial charge in [0.25, 0.3) is 0 Å². The molecule has 4 heteroatoms. The number of benzene rings is 1. The molecule has 1 N–H and O–H groups in total. The van der Waals surface area contributed by atoms with Crippen LogP contribution in [0.2, 0.25) is 0 Å². The third kappa shape index (κ3) is 1.78. The Morgan fingerprint density at radius 2 is 2.06 bits per heavy atom. The highest BCUT2D eigenvalue weighted by atomic mass is 19.1. The predicted octanol–water partition coefficient (Wildman–Crippen LogP) is 2.50. The van der Waals surface area contributed by atoms with Gasteiger partial charge in [-0.3, -0.25) is 0 Å². The van der Waals surface area contributed by atoms with E-state index in [2.05, 4.69) is 0 Å².